The van der Waals surface area contributed by atoms with Crippen molar-refractivity contribution in [2.75, 3.05) is 32.8 Å². The molecular formula is C32H41FN2O2. The number of piperidine rings is 1. The Morgan fingerprint density at radius 3 is 2.73 bits per heavy atom. The van der Waals surface area contributed by atoms with Crippen molar-refractivity contribution in [3.63, 3.8) is 0 Å². The SMILES string of the molecule is Cc1cc(F)c2c(c1)CCOC[C@]21CNCC1C(=O)N1CC[C@@H](c2ccccc2)C[C@H]1C1CCCCC1. The molecule has 4 nitrogen and oxygen atoms in total. The summed E-state index contributed by atoms with van der Waals surface area (Å²) in [6.45, 7) is 4.89. The van der Waals surface area contributed by atoms with Gasteiger partial charge in [0.15, 0.2) is 0 Å². The molecule has 6 rings (SSSR count). The highest BCUT2D eigenvalue weighted by Crippen LogP contribution is 2.45. The number of nitrogens with one attached hydrogen (secondary N) is 1. The van der Waals surface area contributed by atoms with Crippen LogP contribution in [0.15, 0.2) is 42.5 Å². The van der Waals surface area contributed by atoms with E-state index in [1.807, 2.05) is 6.92 Å². The van der Waals surface area contributed by atoms with E-state index < -0.39 is 5.41 Å². The molecule has 0 radical (unpaired) electrons. The molecular weight excluding hydrogens is 463 g/mol. The van der Waals surface area contributed by atoms with E-state index >= 15 is 4.39 Å². The van der Waals surface area contributed by atoms with Crippen LogP contribution < -0.4 is 5.32 Å². The third kappa shape index (κ3) is 4.63. The Labute approximate surface area is 221 Å². The molecule has 1 spiro atoms. The molecule has 4 aliphatic rings. The van der Waals surface area contributed by atoms with Gasteiger partial charge in [-0.25, -0.2) is 4.39 Å². The fourth-order valence-electron chi connectivity index (χ4n) is 8.04. The van der Waals surface area contributed by atoms with Crippen LogP contribution in [0.3, 0.4) is 0 Å². The van der Waals surface area contributed by atoms with Crippen LogP contribution in [0.4, 0.5) is 4.39 Å². The van der Waals surface area contributed by atoms with Gasteiger partial charge in [-0.3, -0.25) is 4.79 Å². The number of amides is 1. The number of rotatable bonds is 3. The lowest BCUT2D eigenvalue weighted by Crippen LogP contribution is -2.55. The molecule has 3 heterocycles. The van der Waals surface area contributed by atoms with Crippen molar-refractivity contribution in [2.45, 2.75) is 75.7 Å². The first kappa shape index (κ1) is 25.1. The topological polar surface area (TPSA) is 41.6 Å². The van der Waals surface area contributed by atoms with Gasteiger partial charge in [-0.05, 0) is 73.6 Å². The summed E-state index contributed by atoms with van der Waals surface area (Å²) in [5, 5.41) is 3.50. The Morgan fingerprint density at radius 2 is 1.92 bits per heavy atom. The van der Waals surface area contributed by atoms with Crippen LogP contribution in [0.1, 0.15) is 73.1 Å². The molecule has 2 aromatic rings. The number of likely N-dealkylation sites (tertiary alicyclic amines) is 1. The fraction of sp³-hybridized carbons (Fsp3) is 0.594. The van der Waals surface area contributed by atoms with Gasteiger partial charge in [0.05, 0.1) is 19.1 Å². The lowest BCUT2D eigenvalue weighted by Gasteiger charge is -2.47. The summed E-state index contributed by atoms with van der Waals surface area (Å²) in [5.74, 6) is 0.792. The van der Waals surface area contributed by atoms with E-state index in [1.165, 1.54) is 37.7 Å². The molecule has 1 aliphatic carbocycles. The zero-order valence-electron chi connectivity index (χ0n) is 22.2. The molecule has 5 heteroatoms. The first-order valence-corrected chi connectivity index (χ1v) is 14.5. The molecule has 1 unspecified atom stereocenters. The highest BCUT2D eigenvalue weighted by atomic mass is 19.1. The highest BCUT2D eigenvalue weighted by molar-refractivity contribution is 5.82. The second kappa shape index (κ2) is 10.5. The number of halogens is 1. The minimum absolute atomic E-state index is 0.173. The van der Waals surface area contributed by atoms with E-state index in [1.54, 1.807) is 6.07 Å². The van der Waals surface area contributed by atoms with Crippen molar-refractivity contribution in [1.29, 1.82) is 0 Å². The van der Waals surface area contributed by atoms with Crippen molar-refractivity contribution in [3.8, 4) is 0 Å². The summed E-state index contributed by atoms with van der Waals surface area (Å²) < 4.78 is 21.8. The standard InChI is InChI=1S/C32H41FN2O2/c1-22-16-26-13-15-37-21-32(30(26)28(33)17-22)20-34-19-27(32)31(36)35-14-12-25(23-8-4-2-5-9-23)18-29(35)24-10-6-3-7-11-24/h2,4-5,8-9,16-17,24-25,27,29,34H,3,6-7,10-15,18-21H2,1H3/t25-,27?,29+,32+/m1/s1. The summed E-state index contributed by atoms with van der Waals surface area (Å²) >= 11 is 0. The zero-order valence-corrected chi connectivity index (χ0v) is 22.2. The molecule has 1 saturated carbocycles. The van der Waals surface area contributed by atoms with E-state index in [-0.39, 0.29) is 23.7 Å². The van der Waals surface area contributed by atoms with Gasteiger partial charge < -0.3 is 15.0 Å². The zero-order chi connectivity index (χ0) is 25.4. The second-order valence-electron chi connectivity index (χ2n) is 12.1. The molecule has 3 fully saturated rings. The Hall–Kier alpha value is -2.24. The molecule has 4 atom stereocenters. The van der Waals surface area contributed by atoms with Gasteiger partial charge in [-0.2, -0.15) is 0 Å². The lowest BCUT2D eigenvalue weighted by atomic mass is 9.69. The summed E-state index contributed by atoms with van der Waals surface area (Å²) in [6.07, 6.45) is 8.99. The van der Waals surface area contributed by atoms with E-state index in [2.05, 4.69) is 46.6 Å². The van der Waals surface area contributed by atoms with E-state index in [4.69, 9.17) is 4.74 Å². The molecule has 1 amide bonds. The van der Waals surface area contributed by atoms with Crippen molar-refractivity contribution < 1.29 is 13.9 Å². The maximum absolute atomic E-state index is 15.7. The molecule has 0 bridgehead atoms. The number of benzene rings is 2. The monoisotopic (exact) mass is 504 g/mol. The molecule has 2 aromatic carbocycles. The van der Waals surface area contributed by atoms with E-state index in [0.717, 1.165) is 36.1 Å². The molecule has 1 N–H and O–H groups in total. The molecule has 0 aromatic heterocycles. The van der Waals surface area contributed by atoms with Crippen molar-refractivity contribution in [2.24, 2.45) is 11.8 Å². The predicted molar refractivity (Wildman–Crippen MR) is 144 cm³/mol. The number of carbonyl (C=O) groups is 1. The number of carbonyl (C=O) groups excluding carboxylic acids is 1. The van der Waals surface area contributed by atoms with Crippen molar-refractivity contribution in [1.82, 2.24) is 10.2 Å². The van der Waals surface area contributed by atoms with Gasteiger partial charge in [-0.1, -0.05) is 55.7 Å². The third-order valence-corrected chi connectivity index (χ3v) is 9.84. The van der Waals surface area contributed by atoms with Crippen LogP contribution in [0.5, 0.6) is 0 Å². The van der Waals surface area contributed by atoms with Gasteiger partial charge in [0.2, 0.25) is 5.91 Å². The Kier molecular flexibility index (Phi) is 7.11. The number of hydrogen-bond acceptors (Lipinski definition) is 3. The van der Waals surface area contributed by atoms with Crippen molar-refractivity contribution >= 4 is 5.91 Å². The average Bonchev–Trinajstić information content (AvgIpc) is 3.25. The minimum Gasteiger partial charge on any atom is -0.380 e. The van der Waals surface area contributed by atoms with Gasteiger partial charge in [0, 0.05) is 36.7 Å². The number of aryl methyl sites for hydroxylation is 1. The second-order valence-corrected chi connectivity index (χ2v) is 12.1. The normalized spacial score (nSPS) is 30.8. The van der Waals surface area contributed by atoms with Crippen molar-refractivity contribution in [3.05, 3.63) is 70.5 Å². The van der Waals surface area contributed by atoms with Crippen LogP contribution in [0, 0.1) is 24.6 Å². The van der Waals surface area contributed by atoms with Gasteiger partial charge in [0.1, 0.15) is 5.82 Å². The fourth-order valence-corrected chi connectivity index (χ4v) is 8.04. The predicted octanol–water partition coefficient (Wildman–Crippen LogP) is 5.52. The Morgan fingerprint density at radius 1 is 1.11 bits per heavy atom. The van der Waals surface area contributed by atoms with Gasteiger partial charge in [0.25, 0.3) is 0 Å². The maximum atomic E-state index is 15.7. The summed E-state index contributed by atoms with van der Waals surface area (Å²) in [6, 6.07) is 14.9. The van der Waals surface area contributed by atoms with Crippen LogP contribution in [-0.2, 0) is 21.4 Å². The Bertz CT molecular complexity index is 1120. The molecule has 37 heavy (non-hydrogen) atoms. The third-order valence-electron chi connectivity index (χ3n) is 9.84. The van der Waals surface area contributed by atoms with Gasteiger partial charge in [-0.15, -0.1) is 0 Å². The van der Waals surface area contributed by atoms with Crippen LogP contribution in [0.2, 0.25) is 0 Å². The van der Waals surface area contributed by atoms with E-state index in [0.29, 0.717) is 44.6 Å². The van der Waals surface area contributed by atoms with Gasteiger partial charge >= 0.3 is 0 Å². The summed E-state index contributed by atoms with van der Waals surface area (Å²) in [5.41, 5.74) is 3.43. The number of ether oxygens (including phenoxy) is 1. The highest BCUT2D eigenvalue weighted by Gasteiger charge is 2.53. The molecule has 198 valence electrons. The quantitative estimate of drug-likeness (QED) is 0.599. The number of nitrogens with zero attached hydrogens (tertiary/aromatic N) is 1. The first-order chi connectivity index (χ1) is 18.1. The largest absolute Gasteiger partial charge is 0.380 e. The smallest absolute Gasteiger partial charge is 0.228 e. The molecule has 2 saturated heterocycles. The van der Waals surface area contributed by atoms with Crippen LogP contribution in [0.25, 0.3) is 0 Å². The summed E-state index contributed by atoms with van der Waals surface area (Å²) in [4.78, 5) is 16.8. The molecule has 3 aliphatic heterocycles. The van der Waals surface area contributed by atoms with Crippen LogP contribution in [-0.4, -0.2) is 49.7 Å². The Balaban J connectivity index is 1.33. The average molecular weight is 505 g/mol. The first-order valence-electron chi connectivity index (χ1n) is 14.5. The summed E-state index contributed by atoms with van der Waals surface area (Å²) in [7, 11) is 0. The maximum Gasteiger partial charge on any atom is 0.228 e. The van der Waals surface area contributed by atoms with E-state index in [9.17, 15) is 4.79 Å². The number of hydrogen-bond donors (Lipinski definition) is 1. The minimum atomic E-state index is -0.645. The van der Waals surface area contributed by atoms with Crippen LogP contribution >= 0.6 is 0 Å². The number of fused-ring (bicyclic) bond motifs is 2. The lowest BCUT2D eigenvalue weighted by molar-refractivity contribution is -0.143.